The van der Waals surface area contributed by atoms with E-state index in [1.807, 2.05) is 41.8 Å². The molecule has 1 aliphatic rings. The van der Waals surface area contributed by atoms with E-state index in [9.17, 15) is 5.11 Å². The average molecular weight is 311 g/mol. The number of likely N-dealkylation sites (tertiary alicyclic amines) is 1. The molecule has 0 saturated carbocycles. The van der Waals surface area contributed by atoms with E-state index in [0.29, 0.717) is 5.95 Å². The Morgan fingerprint density at radius 3 is 2.74 bits per heavy atom. The first-order valence-electron chi connectivity index (χ1n) is 7.99. The van der Waals surface area contributed by atoms with E-state index >= 15 is 0 Å². The molecule has 1 saturated heterocycles. The summed E-state index contributed by atoms with van der Waals surface area (Å²) in [4.78, 5) is 11.5. The van der Waals surface area contributed by atoms with Gasteiger partial charge in [0, 0.05) is 31.2 Å². The molecule has 1 aliphatic heterocycles. The van der Waals surface area contributed by atoms with E-state index < -0.39 is 5.60 Å². The molecule has 23 heavy (non-hydrogen) atoms. The van der Waals surface area contributed by atoms with Gasteiger partial charge in [-0.1, -0.05) is 12.1 Å². The summed E-state index contributed by atoms with van der Waals surface area (Å²) < 4.78 is 1.86. The highest BCUT2D eigenvalue weighted by Crippen LogP contribution is 2.24. The number of aromatic nitrogens is 3. The SMILES string of the molecule is CC1(O)CCN(Cc2cn3c(N)nc4ccccc4c3n2)CC1. The predicted molar refractivity (Wildman–Crippen MR) is 90.0 cm³/mol. The van der Waals surface area contributed by atoms with Gasteiger partial charge in [-0.15, -0.1) is 0 Å². The normalized spacial score (nSPS) is 18.7. The summed E-state index contributed by atoms with van der Waals surface area (Å²) in [5, 5.41) is 11.1. The Morgan fingerprint density at radius 1 is 1.22 bits per heavy atom. The smallest absolute Gasteiger partial charge is 0.206 e. The van der Waals surface area contributed by atoms with Gasteiger partial charge in [-0.25, -0.2) is 9.97 Å². The molecule has 0 unspecified atom stereocenters. The molecule has 6 nitrogen and oxygen atoms in total. The van der Waals surface area contributed by atoms with Crippen molar-refractivity contribution < 1.29 is 5.11 Å². The van der Waals surface area contributed by atoms with Crippen LogP contribution in [0.1, 0.15) is 25.5 Å². The topological polar surface area (TPSA) is 79.7 Å². The van der Waals surface area contributed by atoms with Crippen molar-refractivity contribution in [3.05, 3.63) is 36.2 Å². The fourth-order valence-electron chi connectivity index (χ4n) is 3.23. The number of imidazole rings is 1. The molecule has 1 fully saturated rings. The van der Waals surface area contributed by atoms with Gasteiger partial charge >= 0.3 is 0 Å². The van der Waals surface area contributed by atoms with Crippen molar-refractivity contribution in [2.24, 2.45) is 0 Å². The Labute approximate surface area is 134 Å². The van der Waals surface area contributed by atoms with Gasteiger partial charge in [-0.3, -0.25) is 9.30 Å². The first kappa shape index (κ1) is 14.4. The number of anilines is 1. The summed E-state index contributed by atoms with van der Waals surface area (Å²) in [6.07, 6.45) is 3.57. The van der Waals surface area contributed by atoms with E-state index in [1.54, 1.807) is 0 Å². The van der Waals surface area contributed by atoms with E-state index in [4.69, 9.17) is 10.7 Å². The Morgan fingerprint density at radius 2 is 1.96 bits per heavy atom. The van der Waals surface area contributed by atoms with E-state index in [0.717, 1.165) is 54.7 Å². The highest BCUT2D eigenvalue weighted by atomic mass is 16.3. The zero-order valence-corrected chi connectivity index (χ0v) is 13.2. The van der Waals surface area contributed by atoms with Gasteiger partial charge in [0.05, 0.1) is 16.8 Å². The number of nitrogens with zero attached hydrogens (tertiary/aromatic N) is 4. The molecule has 120 valence electrons. The summed E-state index contributed by atoms with van der Waals surface area (Å²) in [5.41, 5.74) is 8.24. The maximum Gasteiger partial charge on any atom is 0.206 e. The van der Waals surface area contributed by atoms with E-state index in [-0.39, 0.29) is 0 Å². The predicted octanol–water partition coefficient (Wildman–Crippen LogP) is 1.81. The highest BCUT2D eigenvalue weighted by molar-refractivity contribution is 5.92. The van der Waals surface area contributed by atoms with Crippen molar-refractivity contribution in [2.75, 3.05) is 18.8 Å². The second kappa shape index (κ2) is 5.18. The Balaban J connectivity index is 1.67. The molecular formula is C17H21N5O. The minimum Gasteiger partial charge on any atom is -0.390 e. The number of hydrogen-bond donors (Lipinski definition) is 2. The number of nitrogens with two attached hydrogens (primary N) is 1. The molecule has 6 heteroatoms. The lowest BCUT2D eigenvalue weighted by Crippen LogP contribution is -2.42. The standard InChI is InChI=1S/C17H21N5O/c1-17(23)6-8-21(9-7-17)10-12-11-22-15(19-12)13-4-2-3-5-14(13)20-16(22)18/h2-5,11,23H,6-10H2,1H3,(H2,18,20). The third kappa shape index (κ3) is 2.64. The largest absolute Gasteiger partial charge is 0.390 e. The van der Waals surface area contributed by atoms with Crippen LogP contribution in [0.4, 0.5) is 5.95 Å². The van der Waals surface area contributed by atoms with Gasteiger partial charge in [-0.05, 0) is 31.9 Å². The van der Waals surface area contributed by atoms with Crippen molar-refractivity contribution in [1.82, 2.24) is 19.3 Å². The lowest BCUT2D eigenvalue weighted by atomic mass is 9.94. The minimum atomic E-state index is -0.528. The summed E-state index contributed by atoms with van der Waals surface area (Å²) >= 11 is 0. The Hall–Kier alpha value is -2.18. The summed E-state index contributed by atoms with van der Waals surface area (Å²) in [5.74, 6) is 0.457. The molecule has 0 bridgehead atoms. The third-order valence-corrected chi connectivity index (χ3v) is 4.70. The zero-order valence-electron chi connectivity index (χ0n) is 13.2. The molecule has 4 rings (SSSR count). The van der Waals surface area contributed by atoms with Gasteiger partial charge < -0.3 is 10.8 Å². The van der Waals surface area contributed by atoms with Gasteiger partial charge in [-0.2, -0.15) is 0 Å². The number of para-hydroxylation sites is 1. The molecule has 0 aliphatic carbocycles. The number of benzene rings is 1. The molecule has 3 aromatic rings. The van der Waals surface area contributed by atoms with Gasteiger partial charge in [0.2, 0.25) is 5.95 Å². The first-order valence-corrected chi connectivity index (χ1v) is 7.99. The third-order valence-electron chi connectivity index (χ3n) is 4.70. The van der Waals surface area contributed by atoms with Crippen LogP contribution in [0, 0.1) is 0 Å². The first-order chi connectivity index (χ1) is 11.0. The summed E-state index contributed by atoms with van der Waals surface area (Å²) in [7, 11) is 0. The quantitative estimate of drug-likeness (QED) is 0.754. The number of piperidine rings is 1. The molecule has 1 aromatic carbocycles. The van der Waals surface area contributed by atoms with Crippen LogP contribution >= 0.6 is 0 Å². The monoisotopic (exact) mass is 311 g/mol. The summed E-state index contributed by atoms with van der Waals surface area (Å²) in [6, 6.07) is 7.91. The Bertz CT molecular complexity index is 860. The molecule has 0 amide bonds. The van der Waals surface area contributed by atoms with Crippen LogP contribution in [0.15, 0.2) is 30.5 Å². The number of aliphatic hydroxyl groups is 1. The molecular weight excluding hydrogens is 290 g/mol. The second-order valence-corrected chi connectivity index (χ2v) is 6.69. The fourth-order valence-corrected chi connectivity index (χ4v) is 3.23. The number of rotatable bonds is 2. The van der Waals surface area contributed by atoms with Crippen LogP contribution in [-0.4, -0.2) is 43.1 Å². The minimum absolute atomic E-state index is 0.457. The van der Waals surface area contributed by atoms with E-state index in [1.165, 1.54) is 0 Å². The molecule has 0 spiro atoms. The molecule has 0 radical (unpaired) electrons. The number of hydrogen-bond acceptors (Lipinski definition) is 5. The van der Waals surface area contributed by atoms with Crippen molar-refractivity contribution >= 4 is 22.5 Å². The molecule has 3 heterocycles. The van der Waals surface area contributed by atoms with Crippen molar-refractivity contribution in [3.8, 4) is 0 Å². The van der Waals surface area contributed by atoms with E-state index in [2.05, 4.69) is 9.88 Å². The lowest BCUT2D eigenvalue weighted by molar-refractivity contribution is -0.00754. The van der Waals surface area contributed by atoms with Crippen molar-refractivity contribution in [3.63, 3.8) is 0 Å². The molecule has 2 aromatic heterocycles. The van der Waals surface area contributed by atoms with Gasteiger partial charge in [0.15, 0.2) is 0 Å². The Kier molecular flexibility index (Phi) is 3.25. The van der Waals surface area contributed by atoms with Gasteiger partial charge in [0.1, 0.15) is 5.65 Å². The van der Waals surface area contributed by atoms with Crippen LogP contribution < -0.4 is 5.73 Å². The number of nitrogen functional groups attached to an aromatic ring is 1. The lowest BCUT2D eigenvalue weighted by Gasteiger charge is -2.35. The fraction of sp³-hybridized carbons (Fsp3) is 0.412. The molecule has 3 N–H and O–H groups in total. The van der Waals surface area contributed by atoms with Crippen molar-refractivity contribution in [2.45, 2.75) is 31.9 Å². The van der Waals surface area contributed by atoms with Crippen LogP contribution in [0.5, 0.6) is 0 Å². The summed E-state index contributed by atoms with van der Waals surface area (Å²) in [6.45, 7) is 4.45. The van der Waals surface area contributed by atoms with Crippen LogP contribution in [0.2, 0.25) is 0 Å². The average Bonchev–Trinajstić information content (AvgIpc) is 2.94. The highest BCUT2D eigenvalue weighted by Gasteiger charge is 2.27. The second-order valence-electron chi connectivity index (χ2n) is 6.69. The molecule has 0 atom stereocenters. The van der Waals surface area contributed by atoms with Crippen molar-refractivity contribution in [1.29, 1.82) is 0 Å². The van der Waals surface area contributed by atoms with Crippen LogP contribution in [-0.2, 0) is 6.54 Å². The maximum absolute atomic E-state index is 10.1. The van der Waals surface area contributed by atoms with Gasteiger partial charge in [0.25, 0.3) is 0 Å². The van der Waals surface area contributed by atoms with Crippen LogP contribution in [0.3, 0.4) is 0 Å². The zero-order chi connectivity index (χ0) is 16.0. The number of fused-ring (bicyclic) bond motifs is 3. The van der Waals surface area contributed by atoms with Crippen LogP contribution in [0.25, 0.3) is 16.6 Å². The maximum atomic E-state index is 10.1.